The maximum atomic E-state index is 11.9. The van der Waals surface area contributed by atoms with Crippen LogP contribution < -0.4 is 11.1 Å². The molecule has 1 atom stereocenters. The van der Waals surface area contributed by atoms with Crippen LogP contribution in [0.1, 0.15) is 40.0 Å². The van der Waals surface area contributed by atoms with Crippen LogP contribution in [0.25, 0.3) is 0 Å². The van der Waals surface area contributed by atoms with Gasteiger partial charge >= 0.3 is 0 Å². The summed E-state index contributed by atoms with van der Waals surface area (Å²) in [6, 6.07) is 0. The van der Waals surface area contributed by atoms with Crippen LogP contribution in [0, 0.1) is 5.92 Å². The predicted molar refractivity (Wildman–Crippen MR) is 71.0 cm³/mol. The second-order valence-corrected chi connectivity index (χ2v) is 5.51. The van der Waals surface area contributed by atoms with Gasteiger partial charge in [-0.05, 0) is 12.8 Å². The highest BCUT2D eigenvalue weighted by molar-refractivity contribution is 6.02. The number of carbonyl (C=O) groups is 3. The van der Waals surface area contributed by atoms with E-state index in [4.69, 9.17) is 5.73 Å². The average Bonchev–Trinajstić information content (AvgIpc) is 2.66. The van der Waals surface area contributed by atoms with Crippen molar-refractivity contribution in [2.24, 2.45) is 11.7 Å². The highest BCUT2D eigenvalue weighted by Crippen LogP contribution is 2.16. The summed E-state index contributed by atoms with van der Waals surface area (Å²) in [4.78, 5) is 35.8. The highest BCUT2D eigenvalue weighted by atomic mass is 16.2. The first-order valence-corrected chi connectivity index (χ1v) is 6.64. The zero-order valence-corrected chi connectivity index (χ0v) is 11.9. The summed E-state index contributed by atoms with van der Waals surface area (Å²) in [5, 5.41) is 2.88. The van der Waals surface area contributed by atoms with E-state index in [1.165, 1.54) is 0 Å². The van der Waals surface area contributed by atoms with Crippen LogP contribution in [-0.2, 0) is 14.4 Å². The number of nitrogens with one attached hydrogen (secondary N) is 1. The van der Waals surface area contributed by atoms with E-state index >= 15 is 0 Å². The van der Waals surface area contributed by atoms with E-state index in [1.54, 1.807) is 0 Å². The predicted octanol–water partition coefficient (Wildman–Crippen LogP) is 0.0151. The summed E-state index contributed by atoms with van der Waals surface area (Å²) in [6.45, 7) is 6.36. The Morgan fingerprint density at radius 2 is 1.89 bits per heavy atom. The minimum absolute atomic E-state index is 0.125. The van der Waals surface area contributed by atoms with Crippen LogP contribution in [0.5, 0.6) is 0 Å². The van der Waals surface area contributed by atoms with Crippen LogP contribution in [0.3, 0.4) is 0 Å². The summed E-state index contributed by atoms with van der Waals surface area (Å²) in [5.41, 5.74) is 5.22. The Morgan fingerprint density at radius 3 is 2.32 bits per heavy atom. The molecule has 19 heavy (non-hydrogen) atoms. The third-order valence-electron chi connectivity index (χ3n) is 3.84. The maximum absolute atomic E-state index is 11.9. The van der Waals surface area contributed by atoms with E-state index in [0.29, 0.717) is 6.54 Å². The molecule has 108 valence electrons. The average molecular weight is 269 g/mol. The van der Waals surface area contributed by atoms with Gasteiger partial charge < -0.3 is 11.1 Å². The van der Waals surface area contributed by atoms with E-state index in [9.17, 15) is 14.4 Å². The molecule has 1 aliphatic heterocycles. The van der Waals surface area contributed by atoms with Crippen molar-refractivity contribution in [1.82, 2.24) is 10.2 Å². The number of imide groups is 1. The molecule has 0 aromatic rings. The zero-order chi connectivity index (χ0) is 14.6. The van der Waals surface area contributed by atoms with Crippen molar-refractivity contribution in [3.05, 3.63) is 0 Å². The molecule has 3 amide bonds. The molecule has 0 aromatic heterocycles. The number of nitrogens with two attached hydrogens (primary N) is 1. The second kappa shape index (κ2) is 6.14. The lowest BCUT2D eigenvalue weighted by atomic mass is 9.88. The molecule has 0 aromatic carbocycles. The van der Waals surface area contributed by atoms with Crippen LogP contribution in [-0.4, -0.2) is 41.2 Å². The van der Waals surface area contributed by atoms with E-state index in [1.807, 2.05) is 20.8 Å². The van der Waals surface area contributed by atoms with Crippen LogP contribution in [0.4, 0.5) is 0 Å². The molecular formula is C13H23N3O3. The van der Waals surface area contributed by atoms with Crippen molar-refractivity contribution < 1.29 is 14.4 Å². The fourth-order valence-electron chi connectivity index (χ4n) is 1.90. The number of amides is 3. The molecule has 0 spiro atoms. The molecule has 3 N–H and O–H groups in total. The standard InChI is InChI=1S/C13H23N3O3/c1-9(2)13(3,8-14)15-10(17)6-7-16-11(18)4-5-12(16)19/h9H,4-8,14H2,1-3H3,(H,15,17). The first kappa shape index (κ1) is 15.6. The lowest BCUT2D eigenvalue weighted by molar-refractivity contribution is -0.138. The van der Waals surface area contributed by atoms with Gasteiger partial charge in [0.2, 0.25) is 17.7 Å². The third kappa shape index (κ3) is 3.76. The van der Waals surface area contributed by atoms with Crippen molar-refractivity contribution in [3.8, 4) is 0 Å². The van der Waals surface area contributed by atoms with Gasteiger partial charge in [-0.1, -0.05) is 13.8 Å². The van der Waals surface area contributed by atoms with E-state index < -0.39 is 5.54 Å². The quantitative estimate of drug-likeness (QED) is 0.665. The Bertz CT molecular complexity index is 365. The Hall–Kier alpha value is -1.43. The molecule has 0 aliphatic carbocycles. The Morgan fingerprint density at radius 1 is 1.37 bits per heavy atom. The topological polar surface area (TPSA) is 92.5 Å². The fourth-order valence-corrected chi connectivity index (χ4v) is 1.90. The van der Waals surface area contributed by atoms with Gasteiger partial charge in [-0.2, -0.15) is 0 Å². The number of rotatable bonds is 6. The van der Waals surface area contributed by atoms with Crippen LogP contribution in [0.2, 0.25) is 0 Å². The third-order valence-corrected chi connectivity index (χ3v) is 3.84. The second-order valence-electron chi connectivity index (χ2n) is 5.51. The molecule has 0 saturated carbocycles. The summed E-state index contributed by atoms with van der Waals surface area (Å²) in [7, 11) is 0. The monoisotopic (exact) mass is 269 g/mol. The molecule has 1 aliphatic rings. The minimum Gasteiger partial charge on any atom is -0.349 e. The number of carbonyl (C=O) groups excluding carboxylic acids is 3. The number of likely N-dealkylation sites (tertiary alicyclic amines) is 1. The van der Waals surface area contributed by atoms with Gasteiger partial charge in [0.05, 0.1) is 5.54 Å². The number of hydrogen-bond donors (Lipinski definition) is 2. The first-order valence-electron chi connectivity index (χ1n) is 6.64. The molecule has 0 bridgehead atoms. The van der Waals surface area contributed by atoms with Crippen molar-refractivity contribution in [2.75, 3.05) is 13.1 Å². The van der Waals surface area contributed by atoms with Gasteiger partial charge in [0.15, 0.2) is 0 Å². The van der Waals surface area contributed by atoms with Crippen molar-refractivity contribution in [2.45, 2.75) is 45.6 Å². The van der Waals surface area contributed by atoms with Gasteiger partial charge in [-0.3, -0.25) is 19.3 Å². The van der Waals surface area contributed by atoms with E-state index in [2.05, 4.69) is 5.32 Å². The molecule has 6 nitrogen and oxygen atoms in total. The van der Waals surface area contributed by atoms with E-state index in [-0.39, 0.29) is 49.4 Å². The van der Waals surface area contributed by atoms with E-state index in [0.717, 1.165) is 4.90 Å². The smallest absolute Gasteiger partial charge is 0.229 e. The van der Waals surface area contributed by atoms with Crippen LogP contribution >= 0.6 is 0 Å². The number of nitrogens with zero attached hydrogens (tertiary/aromatic N) is 1. The van der Waals surface area contributed by atoms with Crippen molar-refractivity contribution in [3.63, 3.8) is 0 Å². The molecule has 1 rings (SSSR count). The summed E-state index contributed by atoms with van der Waals surface area (Å²) in [5.74, 6) is -0.364. The fraction of sp³-hybridized carbons (Fsp3) is 0.769. The van der Waals surface area contributed by atoms with Gasteiger partial charge in [-0.25, -0.2) is 0 Å². The lowest BCUT2D eigenvalue weighted by Crippen LogP contribution is -2.55. The number of hydrogen-bond acceptors (Lipinski definition) is 4. The molecule has 1 unspecified atom stereocenters. The zero-order valence-electron chi connectivity index (χ0n) is 11.9. The lowest BCUT2D eigenvalue weighted by Gasteiger charge is -2.33. The van der Waals surface area contributed by atoms with Crippen molar-refractivity contribution in [1.29, 1.82) is 0 Å². The highest BCUT2D eigenvalue weighted by Gasteiger charge is 2.31. The summed E-state index contributed by atoms with van der Waals surface area (Å²) < 4.78 is 0. The molecule has 1 fully saturated rings. The summed E-state index contributed by atoms with van der Waals surface area (Å²) in [6.07, 6.45) is 0.639. The van der Waals surface area contributed by atoms with Gasteiger partial charge in [0, 0.05) is 32.4 Å². The summed E-state index contributed by atoms with van der Waals surface area (Å²) >= 11 is 0. The van der Waals surface area contributed by atoms with Gasteiger partial charge in [0.1, 0.15) is 0 Å². The maximum Gasteiger partial charge on any atom is 0.229 e. The van der Waals surface area contributed by atoms with Crippen LogP contribution in [0.15, 0.2) is 0 Å². The van der Waals surface area contributed by atoms with Gasteiger partial charge in [-0.15, -0.1) is 0 Å². The first-order chi connectivity index (χ1) is 8.80. The minimum atomic E-state index is -0.462. The largest absolute Gasteiger partial charge is 0.349 e. The SMILES string of the molecule is CC(C)C(C)(CN)NC(=O)CCN1C(=O)CCC1=O. The molecule has 6 heteroatoms. The Kier molecular flexibility index (Phi) is 5.05. The Labute approximate surface area is 113 Å². The molecular weight excluding hydrogens is 246 g/mol. The normalized spacial score (nSPS) is 18.9. The van der Waals surface area contributed by atoms with Crippen molar-refractivity contribution >= 4 is 17.7 Å². The molecule has 1 heterocycles. The molecule has 0 radical (unpaired) electrons. The Balaban J connectivity index is 2.48. The van der Waals surface area contributed by atoms with Gasteiger partial charge in [0.25, 0.3) is 0 Å². The molecule has 1 saturated heterocycles.